The van der Waals surface area contributed by atoms with Gasteiger partial charge in [-0.15, -0.1) is 0 Å². The Hall–Kier alpha value is -2.85. The number of hydrogen-bond donors (Lipinski definition) is 1. The molecule has 0 aliphatic carbocycles. The second-order valence-corrected chi connectivity index (χ2v) is 6.29. The molecular formula is C21H18ClNO3. The predicted molar refractivity (Wildman–Crippen MR) is 102 cm³/mol. The molecule has 0 aliphatic heterocycles. The summed E-state index contributed by atoms with van der Waals surface area (Å²) in [6, 6.07) is 20.2. The van der Waals surface area contributed by atoms with Gasteiger partial charge in [-0.25, -0.2) is 4.79 Å². The summed E-state index contributed by atoms with van der Waals surface area (Å²) in [5.74, 6) is -0.902. The Balaban J connectivity index is 1.65. The molecule has 0 aliphatic rings. The minimum atomic E-state index is -0.913. The summed E-state index contributed by atoms with van der Waals surface area (Å²) in [5.41, 5.74) is 1.24. The molecule has 3 aromatic rings. The van der Waals surface area contributed by atoms with Crippen LogP contribution in [-0.4, -0.2) is 18.0 Å². The van der Waals surface area contributed by atoms with Gasteiger partial charge in [0.1, 0.15) is 0 Å². The van der Waals surface area contributed by atoms with Gasteiger partial charge in [-0.05, 0) is 35.4 Å². The third-order valence-electron chi connectivity index (χ3n) is 4.07. The van der Waals surface area contributed by atoms with E-state index in [0.29, 0.717) is 10.6 Å². The number of nitrogens with one attached hydrogen (secondary N) is 1. The van der Waals surface area contributed by atoms with E-state index < -0.39 is 12.1 Å². The van der Waals surface area contributed by atoms with E-state index in [-0.39, 0.29) is 12.5 Å². The van der Waals surface area contributed by atoms with Crippen molar-refractivity contribution in [3.8, 4) is 0 Å². The first-order valence-corrected chi connectivity index (χ1v) is 8.64. The Labute approximate surface area is 156 Å². The predicted octanol–water partition coefficient (Wildman–Crippen LogP) is 4.35. The first kappa shape index (κ1) is 18.0. The van der Waals surface area contributed by atoms with Gasteiger partial charge in [-0.1, -0.05) is 66.2 Å². The van der Waals surface area contributed by atoms with E-state index in [2.05, 4.69) is 5.32 Å². The van der Waals surface area contributed by atoms with Crippen molar-refractivity contribution >= 4 is 34.2 Å². The quantitative estimate of drug-likeness (QED) is 0.682. The summed E-state index contributed by atoms with van der Waals surface area (Å²) in [6.07, 6.45) is -0.913. The highest BCUT2D eigenvalue weighted by Gasteiger charge is 2.20. The lowest BCUT2D eigenvalue weighted by Gasteiger charge is -2.15. The molecule has 26 heavy (non-hydrogen) atoms. The second kappa shape index (κ2) is 8.02. The van der Waals surface area contributed by atoms with Crippen LogP contribution >= 0.6 is 11.6 Å². The number of halogens is 1. The Kier molecular flexibility index (Phi) is 5.54. The van der Waals surface area contributed by atoms with Crippen LogP contribution < -0.4 is 5.32 Å². The fourth-order valence-electron chi connectivity index (χ4n) is 2.65. The van der Waals surface area contributed by atoms with Crippen molar-refractivity contribution in [2.75, 3.05) is 0 Å². The molecule has 1 amide bonds. The maximum absolute atomic E-state index is 12.5. The summed E-state index contributed by atoms with van der Waals surface area (Å²) in [7, 11) is 0. The maximum Gasteiger partial charge on any atom is 0.339 e. The standard InChI is InChI=1S/C21H18ClNO3/c1-14(20(24)23-13-16-8-3-5-12-19(16)22)26-21(25)18-11-6-9-15-7-2-4-10-17(15)18/h2-12,14H,13H2,1H3,(H,23,24). The molecule has 0 bridgehead atoms. The molecule has 0 radical (unpaired) electrons. The van der Waals surface area contributed by atoms with Crippen LogP contribution in [-0.2, 0) is 16.1 Å². The summed E-state index contributed by atoms with van der Waals surface area (Å²) >= 11 is 6.07. The van der Waals surface area contributed by atoms with Gasteiger partial charge in [0.05, 0.1) is 5.56 Å². The number of ether oxygens (including phenoxy) is 1. The van der Waals surface area contributed by atoms with Crippen molar-refractivity contribution in [2.45, 2.75) is 19.6 Å². The minimum Gasteiger partial charge on any atom is -0.449 e. The number of esters is 1. The van der Waals surface area contributed by atoms with E-state index in [1.54, 1.807) is 25.1 Å². The van der Waals surface area contributed by atoms with E-state index in [1.807, 2.05) is 48.5 Å². The number of rotatable bonds is 5. The molecule has 0 aromatic heterocycles. The van der Waals surface area contributed by atoms with Gasteiger partial charge in [-0.2, -0.15) is 0 Å². The molecule has 0 saturated heterocycles. The average Bonchev–Trinajstić information content (AvgIpc) is 2.66. The highest BCUT2D eigenvalue weighted by Crippen LogP contribution is 2.20. The van der Waals surface area contributed by atoms with E-state index in [0.717, 1.165) is 16.3 Å². The van der Waals surface area contributed by atoms with Crippen molar-refractivity contribution in [2.24, 2.45) is 0 Å². The van der Waals surface area contributed by atoms with E-state index in [1.165, 1.54) is 0 Å². The molecule has 3 rings (SSSR count). The molecule has 0 fully saturated rings. The molecule has 5 heteroatoms. The fourth-order valence-corrected chi connectivity index (χ4v) is 2.85. The molecule has 1 unspecified atom stereocenters. The molecule has 0 spiro atoms. The smallest absolute Gasteiger partial charge is 0.339 e. The third-order valence-corrected chi connectivity index (χ3v) is 4.44. The average molecular weight is 368 g/mol. The largest absolute Gasteiger partial charge is 0.449 e. The summed E-state index contributed by atoms with van der Waals surface area (Å²) in [4.78, 5) is 24.7. The number of benzene rings is 3. The second-order valence-electron chi connectivity index (χ2n) is 5.88. The highest BCUT2D eigenvalue weighted by atomic mass is 35.5. The van der Waals surface area contributed by atoms with E-state index >= 15 is 0 Å². The van der Waals surface area contributed by atoms with Gasteiger partial charge in [-0.3, -0.25) is 4.79 Å². The van der Waals surface area contributed by atoms with Crippen molar-refractivity contribution in [3.63, 3.8) is 0 Å². The van der Waals surface area contributed by atoms with Crippen LogP contribution in [0.1, 0.15) is 22.8 Å². The van der Waals surface area contributed by atoms with Crippen LogP contribution in [0.2, 0.25) is 5.02 Å². The number of amides is 1. The lowest BCUT2D eigenvalue weighted by molar-refractivity contribution is -0.129. The Morgan fingerprint density at radius 3 is 2.50 bits per heavy atom. The topological polar surface area (TPSA) is 55.4 Å². The third kappa shape index (κ3) is 4.03. The van der Waals surface area contributed by atoms with Crippen LogP contribution in [0.25, 0.3) is 10.8 Å². The Bertz CT molecular complexity index is 949. The maximum atomic E-state index is 12.5. The van der Waals surface area contributed by atoms with E-state index in [4.69, 9.17) is 16.3 Å². The molecule has 132 valence electrons. The van der Waals surface area contributed by atoms with Crippen molar-refractivity contribution in [1.29, 1.82) is 0 Å². The van der Waals surface area contributed by atoms with Crippen molar-refractivity contribution in [3.05, 3.63) is 82.9 Å². The molecule has 0 heterocycles. The lowest BCUT2D eigenvalue weighted by Crippen LogP contribution is -2.35. The normalized spacial score (nSPS) is 11.8. The van der Waals surface area contributed by atoms with Gasteiger partial charge in [0.25, 0.3) is 5.91 Å². The fraction of sp³-hybridized carbons (Fsp3) is 0.143. The number of fused-ring (bicyclic) bond motifs is 1. The highest BCUT2D eigenvalue weighted by molar-refractivity contribution is 6.31. The van der Waals surface area contributed by atoms with Gasteiger partial charge >= 0.3 is 5.97 Å². The van der Waals surface area contributed by atoms with Gasteiger partial charge in [0, 0.05) is 11.6 Å². The number of hydrogen-bond acceptors (Lipinski definition) is 3. The van der Waals surface area contributed by atoms with Crippen molar-refractivity contribution in [1.82, 2.24) is 5.32 Å². The minimum absolute atomic E-state index is 0.272. The Morgan fingerprint density at radius 2 is 1.69 bits per heavy atom. The van der Waals surface area contributed by atoms with Crippen LogP contribution in [0.3, 0.4) is 0 Å². The molecular weight excluding hydrogens is 350 g/mol. The number of carbonyl (C=O) groups excluding carboxylic acids is 2. The molecule has 1 atom stereocenters. The summed E-state index contributed by atoms with van der Waals surface area (Å²) in [6.45, 7) is 1.82. The zero-order valence-electron chi connectivity index (χ0n) is 14.2. The van der Waals surface area contributed by atoms with Crippen molar-refractivity contribution < 1.29 is 14.3 Å². The molecule has 1 N–H and O–H groups in total. The SMILES string of the molecule is CC(OC(=O)c1cccc2ccccc12)C(=O)NCc1ccccc1Cl. The molecule has 4 nitrogen and oxygen atoms in total. The number of carbonyl (C=O) groups is 2. The van der Waals surface area contributed by atoms with Gasteiger partial charge in [0.2, 0.25) is 0 Å². The van der Waals surface area contributed by atoms with Crippen LogP contribution in [0, 0.1) is 0 Å². The summed E-state index contributed by atoms with van der Waals surface area (Å²) < 4.78 is 5.34. The van der Waals surface area contributed by atoms with Crippen LogP contribution in [0.5, 0.6) is 0 Å². The van der Waals surface area contributed by atoms with Crippen LogP contribution in [0.15, 0.2) is 66.7 Å². The first-order chi connectivity index (χ1) is 12.6. The molecule has 3 aromatic carbocycles. The zero-order valence-corrected chi connectivity index (χ0v) is 15.0. The van der Waals surface area contributed by atoms with E-state index in [9.17, 15) is 9.59 Å². The monoisotopic (exact) mass is 367 g/mol. The first-order valence-electron chi connectivity index (χ1n) is 8.26. The lowest BCUT2D eigenvalue weighted by atomic mass is 10.0. The zero-order chi connectivity index (χ0) is 18.5. The van der Waals surface area contributed by atoms with Gasteiger partial charge in [0.15, 0.2) is 6.10 Å². The van der Waals surface area contributed by atoms with Crippen LogP contribution in [0.4, 0.5) is 0 Å². The van der Waals surface area contributed by atoms with Gasteiger partial charge < -0.3 is 10.1 Å². The Morgan fingerprint density at radius 1 is 1.00 bits per heavy atom. The summed E-state index contributed by atoms with van der Waals surface area (Å²) in [5, 5.41) is 5.05. The molecule has 0 saturated carbocycles.